The lowest BCUT2D eigenvalue weighted by Crippen LogP contribution is -2.29. The molecule has 35 heavy (non-hydrogen) atoms. The molecule has 1 amide bonds. The Hall–Kier alpha value is -3.77. The predicted molar refractivity (Wildman–Crippen MR) is 133 cm³/mol. The van der Waals surface area contributed by atoms with Crippen LogP contribution < -0.4 is 5.32 Å². The number of aromatic nitrogens is 1. The maximum absolute atomic E-state index is 14.0. The van der Waals surface area contributed by atoms with Crippen LogP contribution in [0.4, 0.5) is 10.2 Å². The van der Waals surface area contributed by atoms with Gasteiger partial charge in [-0.15, -0.1) is 0 Å². The van der Waals surface area contributed by atoms with Crippen LogP contribution in [0.15, 0.2) is 86.9 Å². The Morgan fingerprint density at radius 1 is 1.14 bits per heavy atom. The van der Waals surface area contributed by atoms with Gasteiger partial charge >= 0.3 is 0 Å². The van der Waals surface area contributed by atoms with E-state index in [0.717, 1.165) is 9.90 Å². The number of nitrogens with zero attached hydrogens (tertiary/aromatic N) is 4. The van der Waals surface area contributed by atoms with Crippen LogP contribution in [-0.4, -0.2) is 39.1 Å². The number of fused-ring (bicyclic) bond motifs is 1. The highest BCUT2D eigenvalue weighted by Gasteiger charge is 2.31. The Balaban J connectivity index is 1.41. The second-order valence-corrected chi connectivity index (χ2v) is 9.75. The van der Waals surface area contributed by atoms with Gasteiger partial charge < -0.3 is 10.2 Å². The number of likely N-dealkylation sites (N-methyl/N-ethyl adjacent to an activating group) is 1. The van der Waals surface area contributed by atoms with Crippen LogP contribution in [0.2, 0.25) is 0 Å². The highest BCUT2D eigenvalue weighted by Crippen LogP contribution is 2.49. The molecule has 0 aliphatic carbocycles. The van der Waals surface area contributed by atoms with Gasteiger partial charge in [0.25, 0.3) is 0 Å². The largest absolute Gasteiger partial charge is 0.389 e. The Labute approximate surface area is 209 Å². The summed E-state index contributed by atoms with van der Waals surface area (Å²) in [5.41, 5.74) is 8.48. The zero-order chi connectivity index (χ0) is 24.8. The monoisotopic (exact) mass is 509 g/mol. The molecule has 0 fully saturated rings. The van der Waals surface area contributed by atoms with Crippen LogP contribution in [-0.2, 0) is 16.2 Å². The first kappa shape index (κ1) is 24.4. The van der Waals surface area contributed by atoms with Crippen molar-refractivity contribution in [2.45, 2.75) is 21.0 Å². The molecule has 0 radical (unpaired) electrons. The second-order valence-electron chi connectivity index (χ2n) is 7.19. The first-order valence-corrected chi connectivity index (χ1v) is 12.1. The number of carbonyl (C=O) groups is 1. The van der Waals surface area contributed by atoms with Gasteiger partial charge in [0, 0.05) is 17.5 Å². The minimum Gasteiger partial charge on any atom is -0.389 e. The molecule has 1 aliphatic rings. The van der Waals surface area contributed by atoms with Crippen LogP contribution in [0, 0.1) is 16.8 Å². The number of anilines is 1. The van der Waals surface area contributed by atoms with E-state index in [2.05, 4.69) is 20.7 Å². The summed E-state index contributed by atoms with van der Waals surface area (Å²) in [5, 5.41) is 19.4. The van der Waals surface area contributed by atoms with Crippen LogP contribution in [0.3, 0.4) is 0 Å². The molecule has 1 atom stereocenters. The van der Waals surface area contributed by atoms with Gasteiger partial charge in [0.15, 0.2) is 18.2 Å². The third kappa shape index (κ3) is 5.84. The number of benzene rings is 2. The lowest BCUT2D eigenvalue weighted by molar-refractivity contribution is -0.114. The van der Waals surface area contributed by atoms with Crippen LogP contribution in [0.1, 0.15) is 11.3 Å². The smallest absolute Gasteiger partial charge is 0.249 e. The zero-order valence-electron chi connectivity index (χ0n) is 18.4. The summed E-state index contributed by atoms with van der Waals surface area (Å²) in [6, 6.07) is 18.9. The molecule has 12 heteroatoms. The van der Waals surface area contributed by atoms with Gasteiger partial charge in [-0.05, 0) is 24.3 Å². The third-order valence-electron chi connectivity index (χ3n) is 4.78. The van der Waals surface area contributed by atoms with Gasteiger partial charge in [0.05, 0.1) is 10.6 Å². The fraction of sp³-hybridized carbons (Fsp3) is 0.130. The van der Waals surface area contributed by atoms with Crippen LogP contribution in [0.25, 0.3) is 0 Å². The number of thioether (sulfide) groups is 2. The molecule has 2 heterocycles. The Morgan fingerprint density at radius 2 is 1.91 bits per heavy atom. The number of rotatable bonds is 8. The lowest BCUT2D eigenvalue weighted by Gasteiger charge is -2.14. The van der Waals surface area contributed by atoms with E-state index < -0.39 is 4.58 Å². The van der Waals surface area contributed by atoms with Crippen LogP contribution >= 0.6 is 23.5 Å². The number of amidine groups is 1. The van der Waals surface area contributed by atoms with Crippen molar-refractivity contribution in [2.75, 3.05) is 12.4 Å². The lowest BCUT2D eigenvalue weighted by atomic mass is 10.1. The number of amides is 1. The summed E-state index contributed by atoms with van der Waals surface area (Å²) in [7, 11) is 1.47. The van der Waals surface area contributed by atoms with Gasteiger partial charge in [0.2, 0.25) is 5.91 Å². The van der Waals surface area contributed by atoms with Crippen molar-refractivity contribution in [3.05, 3.63) is 83.8 Å². The number of hydrogen-bond acceptors (Lipinski definition) is 9. The quantitative estimate of drug-likeness (QED) is 0.167. The van der Waals surface area contributed by atoms with Gasteiger partial charge in [-0.1, -0.05) is 76.4 Å². The number of oxime groups is 1. The maximum Gasteiger partial charge on any atom is 0.249 e. The predicted octanol–water partition coefficient (Wildman–Crippen LogP) is 5.16. The third-order valence-corrected chi connectivity index (χ3v) is 7.58. The van der Waals surface area contributed by atoms with Crippen molar-refractivity contribution < 1.29 is 14.0 Å². The van der Waals surface area contributed by atoms with Crippen LogP contribution in [0.5, 0.6) is 0 Å². The van der Waals surface area contributed by atoms with Crippen molar-refractivity contribution in [1.82, 2.24) is 9.99 Å². The molecule has 0 spiro atoms. The highest BCUT2D eigenvalue weighted by atomic mass is 32.2. The molecule has 4 rings (SSSR count). The molecule has 1 unspecified atom stereocenters. The molecule has 178 valence electrons. The molecule has 2 aromatic carbocycles. The van der Waals surface area contributed by atoms with Crippen molar-refractivity contribution in [2.24, 2.45) is 10.4 Å². The SMILES string of the molecule is CN(N=N)C(=N)C(=NOCc1cccc(NC(=O)C2Sc3cccc(F)c3S2)n1)c1ccccc1. The summed E-state index contributed by atoms with van der Waals surface area (Å²) in [4.78, 5) is 23.8. The minimum absolute atomic E-state index is 0.0152. The first-order valence-electron chi connectivity index (χ1n) is 10.3. The van der Waals surface area contributed by atoms with Crippen molar-refractivity contribution in [3.8, 4) is 0 Å². The molecule has 1 aliphatic heterocycles. The molecule has 9 nitrogen and oxygen atoms in total. The molecule has 1 aromatic heterocycles. The number of halogens is 1. The summed E-state index contributed by atoms with van der Waals surface area (Å²) in [5.74, 6) is -0.398. The van der Waals surface area contributed by atoms with E-state index in [0.29, 0.717) is 22.0 Å². The number of hydrogen-bond donors (Lipinski definition) is 3. The molecule has 3 N–H and O–H groups in total. The van der Waals surface area contributed by atoms with Gasteiger partial charge in [-0.25, -0.2) is 14.4 Å². The van der Waals surface area contributed by atoms with E-state index in [4.69, 9.17) is 15.8 Å². The van der Waals surface area contributed by atoms with Crippen molar-refractivity contribution in [1.29, 1.82) is 10.9 Å². The molecular formula is C23H20FN7O2S2. The van der Waals surface area contributed by atoms with E-state index in [1.807, 2.05) is 6.07 Å². The van der Waals surface area contributed by atoms with Crippen molar-refractivity contribution in [3.63, 3.8) is 0 Å². The normalized spacial score (nSPS) is 14.7. The van der Waals surface area contributed by atoms with E-state index in [1.165, 1.54) is 36.6 Å². The summed E-state index contributed by atoms with van der Waals surface area (Å²) in [6.07, 6.45) is 0. The maximum atomic E-state index is 14.0. The summed E-state index contributed by atoms with van der Waals surface area (Å²) in [6.45, 7) is -0.0152. The highest BCUT2D eigenvalue weighted by molar-refractivity contribution is 8.20. The molecule has 0 saturated heterocycles. The van der Waals surface area contributed by atoms with Gasteiger partial charge in [-0.3, -0.25) is 10.2 Å². The standard InChI is InChI=1S/C23H20FN7O2S2/c1-31(30-26)21(25)19(14-7-3-2-4-8-14)29-33-13-15-9-5-12-18(27-15)28-22(32)23-34-17-11-6-10-16(24)20(17)35-23/h2-12,23,25-26H,13H2,1H3,(H,27,28,32). The number of pyridine rings is 1. The summed E-state index contributed by atoms with van der Waals surface area (Å²) < 4.78 is 13.5. The molecule has 0 saturated carbocycles. The van der Waals surface area contributed by atoms with E-state index >= 15 is 0 Å². The zero-order valence-corrected chi connectivity index (χ0v) is 20.1. The van der Waals surface area contributed by atoms with E-state index in [1.54, 1.807) is 54.6 Å². The van der Waals surface area contributed by atoms with Gasteiger partial charge in [-0.2, -0.15) is 5.53 Å². The van der Waals surface area contributed by atoms with Gasteiger partial charge in [0.1, 0.15) is 16.2 Å². The summed E-state index contributed by atoms with van der Waals surface area (Å²) >= 11 is 2.48. The van der Waals surface area contributed by atoms with E-state index in [-0.39, 0.29) is 29.9 Å². The Bertz CT molecular complexity index is 1290. The minimum atomic E-state index is -0.521. The second kappa shape index (κ2) is 11.1. The number of carbonyl (C=O) groups excluding carboxylic acids is 1. The average Bonchev–Trinajstić information content (AvgIpc) is 3.33. The number of nitrogens with one attached hydrogen (secondary N) is 3. The van der Waals surface area contributed by atoms with E-state index in [9.17, 15) is 9.18 Å². The molecule has 3 aromatic rings. The topological polar surface area (TPSA) is 127 Å². The van der Waals surface area contributed by atoms with Crippen molar-refractivity contribution >= 4 is 46.8 Å². The fourth-order valence-corrected chi connectivity index (χ4v) is 5.64. The first-order chi connectivity index (χ1) is 17.0. The Kier molecular flexibility index (Phi) is 7.73. The Morgan fingerprint density at radius 3 is 2.66 bits per heavy atom. The average molecular weight is 510 g/mol. The molecule has 0 bridgehead atoms. The fourth-order valence-electron chi connectivity index (χ4n) is 3.06. The molecular weight excluding hydrogens is 489 g/mol.